The fourth-order valence-corrected chi connectivity index (χ4v) is 3.35. The lowest BCUT2D eigenvalue weighted by atomic mass is 9.88. The summed E-state index contributed by atoms with van der Waals surface area (Å²) in [6.07, 6.45) is 0.763. The zero-order valence-corrected chi connectivity index (χ0v) is 16.1. The highest BCUT2D eigenvalue weighted by Crippen LogP contribution is 2.35. The van der Waals surface area contributed by atoms with Crippen LogP contribution in [-0.2, 0) is 0 Å². The molecule has 3 aromatic carbocycles. The van der Waals surface area contributed by atoms with Crippen LogP contribution in [0, 0.1) is 0 Å². The van der Waals surface area contributed by atoms with Crippen LogP contribution in [0.2, 0.25) is 5.02 Å². The summed E-state index contributed by atoms with van der Waals surface area (Å²) in [6.45, 7) is 0. The highest BCUT2D eigenvalue weighted by molar-refractivity contribution is 6.30. The summed E-state index contributed by atoms with van der Waals surface area (Å²) in [4.78, 5) is 0. The van der Waals surface area contributed by atoms with Gasteiger partial charge < -0.3 is 4.74 Å². The van der Waals surface area contributed by atoms with Crippen LogP contribution in [0.15, 0.2) is 78.9 Å². The van der Waals surface area contributed by atoms with Gasteiger partial charge in [0.15, 0.2) is 0 Å². The third kappa shape index (κ3) is 4.30. The van der Waals surface area contributed by atoms with Crippen molar-refractivity contribution >= 4 is 34.3 Å². The third-order valence-corrected chi connectivity index (χ3v) is 4.72. The minimum Gasteiger partial charge on any atom is -0.497 e. The minimum atomic E-state index is 0.546. The Hall–Kier alpha value is -2.22. The third-order valence-electron chi connectivity index (χ3n) is 4.28. The van der Waals surface area contributed by atoms with Gasteiger partial charge in [0.05, 0.1) is 7.11 Å². The van der Waals surface area contributed by atoms with E-state index in [9.17, 15) is 0 Å². The summed E-state index contributed by atoms with van der Waals surface area (Å²) in [6, 6.07) is 26.5. The summed E-state index contributed by atoms with van der Waals surface area (Å²) >= 11 is 12.2. The molecular formula is C23H20Cl2O. The van der Waals surface area contributed by atoms with E-state index < -0.39 is 0 Å². The number of allylic oxidation sites excluding steroid dienone is 1. The van der Waals surface area contributed by atoms with E-state index in [0.717, 1.165) is 33.9 Å². The summed E-state index contributed by atoms with van der Waals surface area (Å²) in [7, 11) is 1.68. The number of alkyl halides is 1. The van der Waals surface area contributed by atoms with E-state index in [1.54, 1.807) is 7.11 Å². The molecule has 0 fully saturated rings. The van der Waals surface area contributed by atoms with Crippen molar-refractivity contribution in [3.8, 4) is 5.75 Å². The predicted octanol–water partition coefficient (Wildman–Crippen LogP) is 6.94. The molecule has 0 aliphatic carbocycles. The van der Waals surface area contributed by atoms with Gasteiger partial charge >= 0.3 is 0 Å². The first-order valence-corrected chi connectivity index (χ1v) is 9.39. The molecule has 3 rings (SSSR count). The second-order valence-electron chi connectivity index (χ2n) is 5.89. The average Bonchev–Trinajstić information content (AvgIpc) is 2.70. The molecule has 0 aliphatic rings. The van der Waals surface area contributed by atoms with Gasteiger partial charge in [0.25, 0.3) is 0 Å². The van der Waals surface area contributed by atoms with Crippen LogP contribution in [0.3, 0.4) is 0 Å². The van der Waals surface area contributed by atoms with Crippen LogP contribution in [0.4, 0.5) is 0 Å². The van der Waals surface area contributed by atoms with Crippen molar-refractivity contribution in [1.29, 1.82) is 0 Å². The normalized spacial score (nSPS) is 11.8. The van der Waals surface area contributed by atoms with Gasteiger partial charge in [-0.1, -0.05) is 66.2 Å². The molecule has 0 aromatic heterocycles. The van der Waals surface area contributed by atoms with Crippen LogP contribution < -0.4 is 4.74 Å². The van der Waals surface area contributed by atoms with E-state index in [0.29, 0.717) is 5.88 Å². The average molecular weight is 383 g/mol. The zero-order chi connectivity index (χ0) is 18.4. The molecule has 0 aliphatic heterocycles. The van der Waals surface area contributed by atoms with Gasteiger partial charge in [-0.15, -0.1) is 11.6 Å². The number of benzene rings is 3. The van der Waals surface area contributed by atoms with E-state index in [1.807, 2.05) is 30.3 Å². The number of hydrogen-bond acceptors (Lipinski definition) is 1. The Labute approximate surface area is 164 Å². The Morgan fingerprint density at radius 2 is 1.35 bits per heavy atom. The molecule has 26 heavy (non-hydrogen) atoms. The lowest BCUT2D eigenvalue weighted by molar-refractivity contribution is 0.415. The second-order valence-corrected chi connectivity index (χ2v) is 6.71. The maximum Gasteiger partial charge on any atom is 0.118 e. The van der Waals surface area contributed by atoms with Gasteiger partial charge in [0.2, 0.25) is 0 Å². The van der Waals surface area contributed by atoms with Gasteiger partial charge in [-0.2, -0.15) is 0 Å². The summed E-state index contributed by atoms with van der Waals surface area (Å²) in [5.74, 6) is 1.39. The topological polar surface area (TPSA) is 9.23 Å². The Balaban J connectivity index is 2.24. The molecule has 0 radical (unpaired) electrons. The lowest BCUT2D eigenvalue weighted by Crippen LogP contribution is -1.97. The Morgan fingerprint density at radius 1 is 0.769 bits per heavy atom. The maximum absolute atomic E-state index is 6.16. The molecule has 0 unspecified atom stereocenters. The van der Waals surface area contributed by atoms with Crippen molar-refractivity contribution in [3.63, 3.8) is 0 Å². The van der Waals surface area contributed by atoms with E-state index >= 15 is 0 Å². The van der Waals surface area contributed by atoms with Crippen molar-refractivity contribution < 1.29 is 4.74 Å². The smallest absolute Gasteiger partial charge is 0.118 e. The molecule has 0 spiro atoms. The van der Waals surface area contributed by atoms with E-state index in [1.165, 1.54) is 11.1 Å². The molecule has 0 amide bonds. The van der Waals surface area contributed by atoms with Gasteiger partial charge in [0, 0.05) is 10.9 Å². The highest BCUT2D eigenvalue weighted by Gasteiger charge is 2.14. The standard InChI is InChI=1S/C23H20Cl2O/c1-26-21-13-9-19(10-14-21)23(18-5-3-2-4-6-18)22(15-16-24)17-7-11-20(25)12-8-17/h2-14H,15-16H2,1H3. The first-order chi connectivity index (χ1) is 12.7. The first kappa shape index (κ1) is 18.6. The minimum absolute atomic E-state index is 0.546. The van der Waals surface area contributed by atoms with Crippen LogP contribution in [0.5, 0.6) is 5.75 Å². The molecule has 3 aromatic rings. The molecule has 0 atom stereocenters. The number of ether oxygens (including phenoxy) is 1. The molecule has 0 N–H and O–H groups in total. The summed E-state index contributed by atoms with van der Waals surface area (Å²) in [5, 5.41) is 0.727. The molecule has 0 saturated carbocycles. The van der Waals surface area contributed by atoms with Crippen molar-refractivity contribution in [2.75, 3.05) is 13.0 Å². The zero-order valence-electron chi connectivity index (χ0n) is 14.6. The van der Waals surface area contributed by atoms with E-state index in [2.05, 4.69) is 48.5 Å². The number of rotatable bonds is 6. The predicted molar refractivity (Wildman–Crippen MR) is 112 cm³/mol. The fraction of sp³-hybridized carbons (Fsp3) is 0.130. The van der Waals surface area contributed by atoms with Crippen molar-refractivity contribution in [2.45, 2.75) is 6.42 Å². The Bertz CT molecular complexity index is 866. The van der Waals surface area contributed by atoms with Crippen LogP contribution >= 0.6 is 23.2 Å². The molecular weight excluding hydrogens is 363 g/mol. The number of halogens is 2. The quantitative estimate of drug-likeness (QED) is 0.331. The van der Waals surface area contributed by atoms with Crippen LogP contribution in [0.1, 0.15) is 23.1 Å². The van der Waals surface area contributed by atoms with Crippen molar-refractivity contribution in [2.24, 2.45) is 0 Å². The van der Waals surface area contributed by atoms with Crippen molar-refractivity contribution in [1.82, 2.24) is 0 Å². The van der Waals surface area contributed by atoms with Crippen LogP contribution in [0.25, 0.3) is 11.1 Å². The SMILES string of the molecule is COc1ccc(C(=C(CCCl)c2ccc(Cl)cc2)c2ccccc2)cc1. The molecule has 3 heteroatoms. The number of hydrogen-bond donors (Lipinski definition) is 0. The van der Waals surface area contributed by atoms with Gasteiger partial charge in [-0.25, -0.2) is 0 Å². The summed E-state index contributed by atoms with van der Waals surface area (Å²) < 4.78 is 5.31. The van der Waals surface area contributed by atoms with Crippen molar-refractivity contribution in [3.05, 3.63) is 101 Å². The fourth-order valence-electron chi connectivity index (χ4n) is 3.04. The molecule has 1 nitrogen and oxygen atoms in total. The molecule has 0 bridgehead atoms. The van der Waals surface area contributed by atoms with Gasteiger partial charge in [-0.3, -0.25) is 0 Å². The molecule has 132 valence electrons. The highest BCUT2D eigenvalue weighted by atomic mass is 35.5. The van der Waals surface area contributed by atoms with Gasteiger partial charge in [0.1, 0.15) is 5.75 Å². The number of methoxy groups -OCH3 is 1. The van der Waals surface area contributed by atoms with E-state index in [-0.39, 0.29) is 0 Å². The second kappa shape index (κ2) is 8.93. The maximum atomic E-state index is 6.16. The Kier molecular flexibility index (Phi) is 6.38. The summed E-state index contributed by atoms with van der Waals surface area (Å²) in [5.41, 5.74) is 5.80. The first-order valence-electron chi connectivity index (χ1n) is 8.48. The van der Waals surface area contributed by atoms with Gasteiger partial charge in [-0.05, 0) is 58.5 Å². The Morgan fingerprint density at radius 3 is 1.92 bits per heavy atom. The largest absolute Gasteiger partial charge is 0.497 e. The molecule has 0 heterocycles. The van der Waals surface area contributed by atoms with Crippen LogP contribution in [-0.4, -0.2) is 13.0 Å². The lowest BCUT2D eigenvalue weighted by Gasteiger charge is -2.17. The molecule has 0 saturated heterocycles. The monoisotopic (exact) mass is 382 g/mol. The van der Waals surface area contributed by atoms with E-state index in [4.69, 9.17) is 27.9 Å².